The van der Waals surface area contributed by atoms with Crippen molar-refractivity contribution in [3.05, 3.63) is 64.5 Å². The third-order valence-electron chi connectivity index (χ3n) is 4.06. The number of hydrogen-bond acceptors (Lipinski definition) is 3. The number of hydrogen-bond donors (Lipinski definition) is 2. The summed E-state index contributed by atoms with van der Waals surface area (Å²) in [5, 5.41) is 14.3. The Bertz CT molecular complexity index is 800. The number of aryl methyl sites for hydroxylation is 1. The van der Waals surface area contributed by atoms with Crippen LogP contribution in [-0.4, -0.2) is 16.7 Å². The van der Waals surface area contributed by atoms with Crippen molar-refractivity contribution in [3.63, 3.8) is 0 Å². The Kier molecular flexibility index (Phi) is 4.10. The summed E-state index contributed by atoms with van der Waals surface area (Å²) in [6.07, 6.45) is 2.42. The first kappa shape index (κ1) is 15.2. The number of aromatic hydroxyl groups is 1. The van der Waals surface area contributed by atoms with Crippen LogP contribution in [0.5, 0.6) is 5.75 Å². The maximum Gasteiger partial charge on any atom is 0.274 e. The van der Waals surface area contributed by atoms with Crippen LogP contribution in [0.15, 0.2) is 41.5 Å². The fraction of sp³-hybridized carbons (Fsp3) is 0.222. The van der Waals surface area contributed by atoms with Gasteiger partial charge in [-0.3, -0.25) is 4.79 Å². The third kappa shape index (κ3) is 2.95. The standard InChI is InChI=1S/C18H17FN2O2/c1-11-9-10-16(22)17-12(11)6-4-8-15(17)20-21-18(23)13-5-2-3-7-14(13)19/h2-3,5,7,9-10,22H,4,6,8H2,1H3,(H,21,23)/b20-15+. The Morgan fingerprint density at radius 2 is 2.00 bits per heavy atom. The number of halogens is 1. The monoisotopic (exact) mass is 312 g/mol. The molecule has 23 heavy (non-hydrogen) atoms. The molecule has 1 aliphatic rings. The molecule has 0 radical (unpaired) electrons. The quantitative estimate of drug-likeness (QED) is 0.836. The van der Waals surface area contributed by atoms with E-state index >= 15 is 0 Å². The van der Waals surface area contributed by atoms with Gasteiger partial charge in [0.15, 0.2) is 0 Å². The Labute approximate surface area is 133 Å². The molecule has 2 aromatic carbocycles. The fourth-order valence-corrected chi connectivity index (χ4v) is 2.88. The molecule has 0 atom stereocenters. The minimum Gasteiger partial charge on any atom is -0.507 e. The minimum absolute atomic E-state index is 0.0543. The van der Waals surface area contributed by atoms with Gasteiger partial charge in [-0.15, -0.1) is 0 Å². The third-order valence-corrected chi connectivity index (χ3v) is 4.06. The van der Waals surface area contributed by atoms with Gasteiger partial charge in [-0.2, -0.15) is 5.10 Å². The summed E-state index contributed by atoms with van der Waals surface area (Å²) in [4.78, 5) is 12.1. The average molecular weight is 312 g/mol. The van der Waals surface area contributed by atoms with Crippen LogP contribution in [0.1, 0.15) is 39.9 Å². The lowest BCUT2D eigenvalue weighted by atomic mass is 9.86. The number of fused-ring (bicyclic) bond motifs is 1. The number of hydrazone groups is 1. The van der Waals surface area contributed by atoms with Gasteiger partial charge < -0.3 is 5.11 Å². The minimum atomic E-state index is -0.602. The largest absolute Gasteiger partial charge is 0.507 e. The van der Waals surface area contributed by atoms with Crippen molar-refractivity contribution in [1.29, 1.82) is 0 Å². The topological polar surface area (TPSA) is 61.7 Å². The van der Waals surface area contributed by atoms with Gasteiger partial charge in [-0.1, -0.05) is 18.2 Å². The smallest absolute Gasteiger partial charge is 0.274 e. The number of carbonyl (C=O) groups is 1. The predicted octanol–water partition coefficient (Wildman–Crippen LogP) is 3.31. The summed E-state index contributed by atoms with van der Waals surface area (Å²) < 4.78 is 13.6. The Morgan fingerprint density at radius 3 is 2.78 bits per heavy atom. The molecule has 2 aromatic rings. The Morgan fingerprint density at radius 1 is 1.22 bits per heavy atom. The van der Waals surface area contributed by atoms with Crippen molar-refractivity contribution in [2.24, 2.45) is 5.10 Å². The molecule has 118 valence electrons. The second kappa shape index (κ2) is 6.20. The molecule has 0 aromatic heterocycles. The Hall–Kier alpha value is -2.69. The molecule has 1 aliphatic carbocycles. The lowest BCUT2D eigenvalue weighted by molar-refractivity contribution is 0.0950. The van der Waals surface area contributed by atoms with Gasteiger partial charge in [0.2, 0.25) is 0 Å². The van der Waals surface area contributed by atoms with E-state index in [1.165, 1.54) is 18.2 Å². The number of nitrogens with one attached hydrogen (secondary N) is 1. The molecule has 0 saturated heterocycles. The number of nitrogens with zero attached hydrogens (tertiary/aromatic N) is 1. The molecular formula is C18H17FN2O2. The lowest BCUT2D eigenvalue weighted by Gasteiger charge is -2.21. The molecule has 3 rings (SSSR count). The van der Waals surface area contributed by atoms with Gasteiger partial charge in [0.05, 0.1) is 11.3 Å². The number of benzene rings is 2. The van der Waals surface area contributed by atoms with Crippen molar-refractivity contribution in [1.82, 2.24) is 5.43 Å². The molecule has 2 N–H and O–H groups in total. The highest BCUT2D eigenvalue weighted by molar-refractivity contribution is 6.06. The summed E-state index contributed by atoms with van der Waals surface area (Å²) in [7, 11) is 0. The number of phenolic OH excluding ortho intramolecular Hbond substituents is 1. The zero-order valence-corrected chi connectivity index (χ0v) is 12.8. The SMILES string of the molecule is Cc1ccc(O)c2c1CCC/C2=N\NC(=O)c1ccccc1F. The highest BCUT2D eigenvalue weighted by atomic mass is 19.1. The molecule has 0 aliphatic heterocycles. The second-order valence-electron chi connectivity index (χ2n) is 5.59. The van der Waals surface area contributed by atoms with E-state index in [-0.39, 0.29) is 11.3 Å². The van der Waals surface area contributed by atoms with Crippen molar-refractivity contribution < 1.29 is 14.3 Å². The van der Waals surface area contributed by atoms with Crippen molar-refractivity contribution in [2.75, 3.05) is 0 Å². The number of amides is 1. The highest BCUT2D eigenvalue weighted by Crippen LogP contribution is 2.31. The molecule has 0 bridgehead atoms. The normalized spacial score (nSPS) is 15.3. The maximum absolute atomic E-state index is 13.6. The van der Waals surface area contributed by atoms with Gasteiger partial charge >= 0.3 is 0 Å². The number of rotatable bonds is 2. The maximum atomic E-state index is 13.6. The van der Waals surface area contributed by atoms with Crippen LogP contribution in [0, 0.1) is 12.7 Å². The zero-order valence-electron chi connectivity index (χ0n) is 12.8. The van der Waals surface area contributed by atoms with Gasteiger partial charge in [0.25, 0.3) is 5.91 Å². The molecule has 0 unspecified atom stereocenters. The van der Waals surface area contributed by atoms with Crippen LogP contribution in [0.2, 0.25) is 0 Å². The zero-order chi connectivity index (χ0) is 16.4. The van der Waals surface area contributed by atoms with Crippen molar-refractivity contribution in [3.8, 4) is 5.75 Å². The van der Waals surface area contributed by atoms with Crippen molar-refractivity contribution >= 4 is 11.6 Å². The average Bonchev–Trinajstić information content (AvgIpc) is 2.56. The molecule has 0 fully saturated rings. The lowest BCUT2D eigenvalue weighted by Crippen LogP contribution is -2.23. The van der Waals surface area contributed by atoms with Crippen LogP contribution in [0.25, 0.3) is 0 Å². The van der Waals surface area contributed by atoms with E-state index < -0.39 is 11.7 Å². The number of phenols is 1. The van der Waals surface area contributed by atoms with Crippen LogP contribution < -0.4 is 5.43 Å². The van der Waals surface area contributed by atoms with Gasteiger partial charge in [0.1, 0.15) is 11.6 Å². The summed E-state index contributed by atoms with van der Waals surface area (Å²) in [5.74, 6) is -1.04. The highest BCUT2D eigenvalue weighted by Gasteiger charge is 2.21. The summed E-state index contributed by atoms with van der Waals surface area (Å²) >= 11 is 0. The second-order valence-corrected chi connectivity index (χ2v) is 5.59. The predicted molar refractivity (Wildman–Crippen MR) is 86.2 cm³/mol. The summed E-state index contributed by atoms with van der Waals surface area (Å²) in [5.41, 5.74) is 5.79. The van der Waals surface area contributed by atoms with E-state index in [2.05, 4.69) is 10.5 Å². The molecule has 4 nitrogen and oxygen atoms in total. The van der Waals surface area contributed by atoms with Crippen molar-refractivity contribution in [2.45, 2.75) is 26.2 Å². The van der Waals surface area contributed by atoms with Crippen LogP contribution >= 0.6 is 0 Å². The van der Waals surface area contributed by atoms with E-state index in [9.17, 15) is 14.3 Å². The molecule has 1 amide bonds. The van der Waals surface area contributed by atoms with Gasteiger partial charge in [-0.05, 0) is 55.5 Å². The van der Waals surface area contributed by atoms with E-state index in [1.807, 2.05) is 13.0 Å². The van der Waals surface area contributed by atoms with Gasteiger partial charge in [0, 0.05) is 5.56 Å². The molecule has 0 heterocycles. The molecule has 0 saturated carbocycles. The van der Waals surface area contributed by atoms with Crippen LogP contribution in [-0.2, 0) is 6.42 Å². The van der Waals surface area contributed by atoms with Crippen LogP contribution in [0.4, 0.5) is 4.39 Å². The van der Waals surface area contributed by atoms with Crippen LogP contribution in [0.3, 0.4) is 0 Å². The molecular weight excluding hydrogens is 295 g/mol. The van der Waals surface area contributed by atoms with E-state index in [0.717, 1.165) is 24.0 Å². The van der Waals surface area contributed by atoms with Gasteiger partial charge in [-0.25, -0.2) is 9.82 Å². The fourth-order valence-electron chi connectivity index (χ4n) is 2.88. The van der Waals surface area contributed by atoms with E-state index in [4.69, 9.17) is 0 Å². The summed E-state index contributed by atoms with van der Waals surface area (Å²) in [6, 6.07) is 9.25. The molecule has 0 spiro atoms. The first-order chi connectivity index (χ1) is 11.1. The Balaban J connectivity index is 1.90. The summed E-state index contributed by atoms with van der Waals surface area (Å²) in [6.45, 7) is 1.99. The van der Waals surface area contributed by atoms with E-state index in [1.54, 1.807) is 12.1 Å². The first-order valence-electron chi connectivity index (χ1n) is 7.51. The molecule has 5 heteroatoms. The number of carbonyl (C=O) groups excluding carboxylic acids is 1. The first-order valence-corrected chi connectivity index (χ1v) is 7.51. The van der Waals surface area contributed by atoms with E-state index in [0.29, 0.717) is 17.7 Å².